The van der Waals surface area contributed by atoms with Crippen LogP contribution in [0.4, 0.5) is 5.69 Å². The van der Waals surface area contributed by atoms with Crippen LogP contribution in [0.15, 0.2) is 60.8 Å². The van der Waals surface area contributed by atoms with Gasteiger partial charge in [-0.15, -0.1) is 9.42 Å². The number of aromatic nitrogens is 2. The van der Waals surface area contributed by atoms with E-state index in [-0.39, 0.29) is 12.5 Å². The molecule has 0 saturated carbocycles. The van der Waals surface area contributed by atoms with Crippen LogP contribution >= 0.6 is 19.9 Å². The molecule has 1 aromatic heterocycles. The number of amides is 1. The Balaban J connectivity index is 1.67. The minimum absolute atomic E-state index is 0.0221. The minimum atomic E-state index is -2.63. The molecular formula is C20H18ClN3O4P+. The molecule has 0 aliphatic rings. The monoisotopic (exact) mass is 430 g/mol. The molecule has 0 aliphatic heterocycles. The first-order valence-corrected chi connectivity index (χ1v) is 10.1. The van der Waals surface area contributed by atoms with Crippen molar-refractivity contribution in [1.82, 2.24) is 9.78 Å². The van der Waals surface area contributed by atoms with E-state index in [4.69, 9.17) is 16.5 Å². The lowest BCUT2D eigenvalue weighted by molar-refractivity contribution is -0.111. The van der Waals surface area contributed by atoms with E-state index < -0.39 is 8.25 Å². The summed E-state index contributed by atoms with van der Waals surface area (Å²) in [4.78, 5) is 20.9. The van der Waals surface area contributed by atoms with Gasteiger partial charge in [-0.3, -0.25) is 9.48 Å². The van der Waals surface area contributed by atoms with E-state index in [1.165, 1.54) is 6.08 Å². The van der Waals surface area contributed by atoms with Gasteiger partial charge in [-0.05, 0) is 35.9 Å². The van der Waals surface area contributed by atoms with E-state index in [9.17, 15) is 9.36 Å². The first-order valence-electron chi connectivity index (χ1n) is 8.57. The Hall–Kier alpha value is -2.83. The number of benzene rings is 2. The maximum Gasteiger partial charge on any atom is 0.695 e. The van der Waals surface area contributed by atoms with Crippen molar-refractivity contribution in [2.45, 2.75) is 6.61 Å². The molecule has 0 fully saturated rings. The number of hydrogen-bond acceptors (Lipinski definition) is 4. The number of anilines is 1. The van der Waals surface area contributed by atoms with Crippen LogP contribution in [0, 0.1) is 0 Å². The Morgan fingerprint density at radius 1 is 1.24 bits per heavy atom. The average Bonchev–Trinajstić information content (AvgIpc) is 3.07. The van der Waals surface area contributed by atoms with Crippen LogP contribution in [0.25, 0.3) is 17.3 Å². The van der Waals surface area contributed by atoms with Crippen molar-refractivity contribution in [2.75, 3.05) is 5.32 Å². The van der Waals surface area contributed by atoms with Crippen molar-refractivity contribution in [3.05, 3.63) is 77.0 Å². The summed E-state index contributed by atoms with van der Waals surface area (Å²) in [5.41, 5.74) is 3.93. The number of halogens is 1. The lowest BCUT2D eigenvalue weighted by Crippen LogP contribution is -2.07. The number of carbonyl (C=O) groups excluding carboxylic acids is 1. The van der Waals surface area contributed by atoms with E-state index in [1.54, 1.807) is 53.4 Å². The van der Waals surface area contributed by atoms with E-state index >= 15 is 0 Å². The SMILES string of the molecule is Cn1ncc(C=CC(=O)Nc2ccc(CO[P+](=O)O)cc2)c1-c1ccc(Cl)cc1. The first kappa shape index (κ1) is 20.9. The van der Waals surface area contributed by atoms with E-state index in [0.717, 1.165) is 22.4 Å². The van der Waals surface area contributed by atoms with Gasteiger partial charge in [0.05, 0.1) is 11.9 Å². The predicted octanol–water partition coefficient (Wildman–Crippen LogP) is 4.56. The molecule has 1 heterocycles. The maximum atomic E-state index is 12.2. The largest absolute Gasteiger partial charge is 0.695 e. The first-order chi connectivity index (χ1) is 13.9. The van der Waals surface area contributed by atoms with Crippen LogP contribution in [0.1, 0.15) is 11.1 Å². The zero-order valence-corrected chi connectivity index (χ0v) is 17.1. The molecule has 1 atom stereocenters. The Kier molecular flexibility index (Phi) is 6.90. The molecule has 29 heavy (non-hydrogen) atoms. The molecule has 7 nitrogen and oxygen atoms in total. The molecule has 0 saturated heterocycles. The zero-order chi connectivity index (χ0) is 20.8. The van der Waals surface area contributed by atoms with Crippen LogP contribution in [-0.4, -0.2) is 20.6 Å². The fraction of sp³-hybridized carbons (Fsp3) is 0.100. The Labute approximate surface area is 173 Å². The van der Waals surface area contributed by atoms with Crippen molar-refractivity contribution in [2.24, 2.45) is 7.05 Å². The summed E-state index contributed by atoms with van der Waals surface area (Å²) in [6, 6.07) is 14.2. The van der Waals surface area contributed by atoms with Gasteiger partial charge in [0.15, 0.2) is 0 Å². The Bertz CT molecular complexity index is 1050. The lowest BCUT2D eigenvalue weighted by atomic mass is 10.1. The number of carbonyl (C=O) groups is 1. The van der Waals surface area contributed by atoms with Crippen LogP contribution in [-0.2, 0) is 27.5 Å². The van der Waals surface area contributed by atoms with Crippen molar-refractivity contribution >= 4 is 37.5 Å². The Morgan fingerprint density at radius 3 is 2.59 bits per heavy atom. The predicted molar refractivity (Wildman–Crippen MR) is 112 cm³/mol. The zero-order valence-electron chi connectivity index (χ0n) is 15.4. The molecule has 1 unspecified atom stereocenters. The summed E-state index contributed by atoms with van der Waals surface area (Å²) in [6.07, 6.45) is 4.82. The van der Waals surface area contributed by atoms with Crippen molar-refractivity contribution in [3.63, 3.8) is 0 Å². The van der Waals surface area contributed by atoms with Crippen molar-refractivity contribution in [1.29, 1.82) is 0 Å². The molecule has 0 bridgehead atoms. The van der Waals surface area contributed by atoms with Gasteiger partial charge in [0.1, 0.15) is 6.61 Å². The second-order valence-electron chi connectivity index (χ2n) is 6.11. The van der Waals surface area contributed by atoms with Gasteiger partial charge in [-0.25, -0.2) is 0 Å². The summed E-state index contributed by atoms with van der Waals surface area (Å²) in [6.45, 7) is 0.0221. The van der Waals surface area contributed by atoms with Crippen LogP contribution in [0.3, 0.4) is 0 Å². The third-order valence-electron chi connectivity index (χ3n) is 4.06. The number of nitrogens with zero attached hydrogens (tertiary/aromatic N) is 2. The smallest absolute Gasteiger partial charge is 0.323 e. The second kappa shape index (κ2) is 9.58. The van der Waals surface area contributed by atoms with Gasteiger partial charge in [0.25, 0.3) is 0 Å². The third kappa shape index (κ3) is 5.82. The van der Waals surface area contributed by atoms with Crippen molar-refractivity contribution in [3.8, 4) is 11.3 Å². The maximum absolute atomic E-state index is 12.2. The van der Waals surface area contributed by atoms with Crippen LogP contribution < -0.4 is 5.32 Å². The average molecular weight is 431 g/mol. The molecule has 1 amide bonds. The fourth-order valence-corrected chi connectivity index (χ4v) is 3.09. The molecular weight excluding hydrogens is 413 g/mol. The van der Waals surface area contributed by atoms with E-state index in [1.807, 2.05) is 19.2 Å². The fourth-order valence-electron chi connectivity index (χ4n) is 2.70. The summed E-state index contributed by atoms with van der Waals surface area (Å²) >= 11 is 5.95. The van der Waals surface area contributed by atoms with Gasteiger partial charge in [-0.1, -0.05) is 35.9 Å². The molecule has 0 spiro atoms. The summed E-state index contributed by atoms with van der Waals surface area (Å²) in [5, 5.41) is 7.67. The van der Waals surface area contributed by atoms with E-state index in [0.29, 0.717) is 10.7 Å². The second-order valence-corrected chi connectivity index (χ2v) is 7.28. The van der Waals surface area contributed by atoms with Gasteiger partial charge >= 0.3 is 8.25 Å². The van der Waals surface area contributed by atoms with Crippen molar-refractivity contribution < 1.29 is 18.8 Å². The van der Waals surface area contributed by atoms with Crippen LogP contribution in [0.2, 0.25) is 5.02 Å². The highest BCUT2D eigenvalue weighted by atomic mass is 35.5. The summed E-state index contributed by atoms with van der Waals surface area (Å²) in [7, 11) is -0.802. The molecule has 0 radical (unpaired) electrons. The molecule has 0 aliphatic carbocycles. The molecule has 3 rings (SSSR count). The topological polar surface area (TPSA) is 93.5 Å². The number of rotatable bonds is 7. The summed E-state index contributed by atoms with van der Waals surface area (Å²) in [5.74, 6) is -0.293. The highest BCUT2D eigenvalue weighted by Gasteiger charge is 2.12. The third-order valence-corrected chi connectivity index (χ3v) is 4.66. The minimum Gasteiger partial charge on any atom is -0.323 e. The number of hydrogen-bond donors (Lipinski definition) is 2. The van der Waals surface area contributed by atoms with Gasteiger partial charge in [-0.2, -0.15) is 5.10 Å². The standard InChI is InChI=1S/C20H17ClN3O4P/c1-24-20(15-4-7-17(21)8-5-15)16(12-22-24)6-11-19(25)23-18-9-2-14(3-10-18)13-28-29(26)27/h2-12H,13H2,1H3,(H-,23,25,26,27)/p+1. The normalized spacial score (nSPS) is 11.6. The lowest BCUT2D eigenvalue weighted by Gasteiger charge is -2.05. The van der Waals surface area contributed by atoms with Gasteiger partial charge in [0.2, 0.25) is 5.91 Å². The Morgan fingerprint density at radius 2 is 1.93 bits per heavy atom. The quantitative estimate of drug-likeness (QED) is 0.423. The van der Waals surface area contributed by atoms with Gasteiger partial charge in [0, 0.05) is 39.5 Å². The number of nitrogens with one attached hydrogen (secondary N) is 1. The molecule has 9 heteroatoms. The van der Waals surface area contributed by atoms with Gasteiger partial charge < -0.3 is 5.32 Å². The number of aryl methyl sites for hydroxylation is 1. The molecule has 3 aromatic rings. The van der Waals surface area contributed by atoms with Crippen LogP contribution in [0.5, 0.6) is 0 Å². The molecule has 148 valence electrons. The highest BCUT2D eigenvalue weighted by Crippen LogP contribution is 2.25. The molecule has 2 aromatic carbocycles. The highest BCUT2D eigenvalue weighted by molar-refractivity contribution is 7.32. The van der Waals surface area contributed by atoms with E-state index in [2.05, 4.69) is 14.9 Å². The molecule has 2 N–H and O–H groups in total. The summed E-state index contributed by atoms with van der Waals surface area (Å²) < 4.78 is 16.9.